The Kier molecular flexibility index (Phi) is 4.70. The number of benzene rings is 1. The second-order valence-electron chi connectivity index (χ2n) is 3.89. The van der Waals surface area contributed by atoms with Gasteiger partial charge in [0.15, 0.2) is 0 Å². The molecule has 1 heterocycles. The number of halogens is 1. The predicted octanol–water partition coefficient (Wildman–Crippen LogP) is 2.48. The van der Waals surface area contributed by atoms with Crippen molar-refractivity contribution >= 4 is 11.6 Å². The van der Waals surface area contributed by atoms with Crippen LogP contribution in [0.2, 0.25) is 5.15 Å². The van der Waals surface area contributed by atoms with Crippen molar-refractivity contribution in [2.75, 3.05) is 13.2 Å². The van der Waals surface area contributed by atoms with E-state index in [2.05, 4.69) is 10.3 Å². The molecule has 0 aliphatic rings. The van der Waals surface area contributed by atoms with E-state index in [9.17, 15) is 0 Å². The molecule has 94 valence electrons. The number of nitrogens with one attached hydrogen (secondary N) is 1. The van der Waals surface area contributed by atoms with Crippen molar-refractivity contribution in [2.45, 2.75) is 6.54 Å². The smallest absolute Gasteiger partial charge is 0.134 e. The summed E-state index contributed by atoms with van der Waals surface area (Å²) in [5, 5.41) is 12.4. The van der Waals surface area contributed by atoms with Crippen LogP contribution in [-0.2, 0) is 6.54 Å². The summed E-state index contributed by atoms with van der Waals surface area (Å²) in [7, 11) is 0. The Bertz CT molecular complexity index is 502. The molecule has 0 saturated heterocycles. The Morgan fingerprint density at radius 3 is 2.67 bits per heavy atom. The topological polar surface area (TPSA) is 45.1 Å². The van der Waals surface area contributed by atoms with Crippen molar-refractivity contribution < 1.29 is 5.11 Å². The van der Waals surface area contributed by atoms with Gasteiger partial charge >= 0.3 is 0 Å². The minimum absolute atomic E-state index is 0.110. The number of aromatic nitrogens is 1. The molecule has 3 nitrogen and oxygen atoms in total. The Hall–Kier alpha value is -1.42. The monoisotopic (exact) mass is 262 g/mol. The molecule has 0 aliphatic carbocycles. The van der Waals surface area contributed by atoms with Crippen LogP contribution in [0.3, 0.4) is 0 Å². The number of hydrogen-bond donors (Lipinski definition) is 2. The minimum atomic E-state index is 0.110. The maximum Gasteiger partial charge on any atom is 0.134 e. The highest BCUT2D eigenvalue weighted by Gasteiger charge is 2.09. The molecule has 0 spiro atoms. The number of aliphatic hydroxyl groups excluding tert-OH is 1. The van der Waals surface area contributed by atoms with Crippen LogP contribution >= 0.6 is 11.6 Å². The fourth-order valence-corrected chi connectivity index (χ4v) is 2.04. The summed E-state index contributed by atoms with van der Waals surface area (Å²) in [6, 6.07) is 12.0. The summed E-state index contributed by atoms with van der Waals surface area (Å²) in [6.45, 7) is 1.25. The van der Waals surface area contributed by atoms with Gasteiger partial charge in [0.05, 0.1) is 6.61 Å². The van der Waals surface area contributed by atoms with E-state index < -0.39 is 0 Å². The zero-order valence-corrected chi connectivity index (χ0v) is 10.7. The quantitative estimate of drug-likeness (QED) is 0.643. The van der Waals surface area contributed by atoms with E-state index >= 15 is 0 Å². The molecule has 2 aromatic rings. The molecule has 1 aromatic heterocycles. The molecule has 0 aliphatic heterocycles. The summed E-state index contributed by atoms with van der Waals surface area (Å²) in [5.41, 5.74) is 3.14. The minimum Gasteiger partial charge on any atom is -0.395 e. The van der Waals surface area contributed by atoms with E-state index in [-0.39, 0.29) is 6.61 Å². The van der Waals surface area contributed by atoms with Gasteiger partial charge in [-0.1, -0.05) is 41.9 Å². The van der Waals surface area contributed by atoms with E-state index in [1.807, 2.05) is 36.4 Å². The van der Waals surface area contributed by atoms with Crippen LogP contribution in [0, 0.1) is 0 Å². The molecule has 0 unspecified atom stereocenters. The van der Waals surface area contributed by atoms with Gasteiger partial charge < -0.3 is 10.4 Å². The zero-order chi connectivity index (χ0) is 12.8. The molecule has 0 amide bonds. The Morgan fingerprint density at radius 1 is 1.17 bits per heavy atom. The third kappa shape index (κ3) is 3.07. The number of aliphatic hydroxyl groups is 1. The fourth-order valence-electron chi connectivity index (χ4n) is 1.82. The maximum absolute atomic E-state index is 8.79. The average Bonchev–Trinajstić information content (AvgIpc) is 2.42. The van der Waals surface area contributed by atoms with Crippen LogP contribution in [0.15, 0.2) is 42.6 Å². The standard InChI is InChI=1S/C14H15ClN2O/c15-14-13(10-16-8-9-18)12(6-7-17-14)11-4-2-1-3-5-11/h1-7,16,18H,8-10H2. The Labute approximate surface area is 111 Å². The number of pyridine rings is 1. The van der Waals surface area contributed by atoms with E-state index in [0.717, 1.165) is 16.7 Å². The van der Waals surface area contributed by atoms with Crippen LogP contribution in [0.4, 0.5) is 0 Å². The SMILES string of the molecule is OCCNCc1c(-c2ccccc2)ccnc1Cl. The van der Waals surface area contributed by atoms with Gasteiger partial charge in [-0.2, -0.15) is 0 Å². The third-order valence-electron chi connectivity index (χ3n) is 2.68. The average molecular weight is 263 g/mol. The van der Waals surface area contributed by atoms with Gasteiger partial charge in [-0.05, 0) is 17.2 Å². The van der Waals surface area contributed by atoms with Gasteiger partial charge in [0, 0.05) is 24.8 Å². The second-order valence-corrected chi connectivity index (χ2v) is 4.25. The van der Waals surface area contributed by atoms with Crippen molar-refractivity contribution in [3.8, 4) is 11.1 Å². The van der Waals surface area contributed by atoms with Gasteiger partial charge in [-0.15, -0.1) is 0 Å². The van der Waals surface area contributed by atoms with E-state index in [4.69, 9.17) is 16.7 Å². The zero-order valence-electron chi connectivity index (χ0n) is 9.94. The highest BCUT2D eigenvalue weighted by Crippen LogP contribution is 2.27. The third-order valence-corrected chi connectivity index (χ3v) is 3.00. The lowest BCUT2D eigenvalue weighted by atomic mass is 10.0. The van der Waals surface area contributed by atoms with Crippen molar-refractivity contribution in [1.82, 2.24) is 10.3 Å². The largest absolute Gasteiger partial charge is 0.395 e. The summed E-state index contributed by atoms with van der Waals surface area (Å²) in [5.74, 6) is 0. The molecule has 18 heavy (non-hydrogen) atoms. The van der Waals surface area contributed by atoms with Gasteiger partial charge in [-0.3, -0.25) is 0 Å². The van der Waals surface area contributed by atoms with E-state index in [0.29, 0.717) is 18.2 Å². The lowest BCUT2D eigenvalue weighted by Gasteiger charge is -2.11. The van der Waals surface area contributed by atoms with Crippen molar-refractivity contribution in [1.29, 1.82) is 0 Å². The second kappa shape index (κ2) is 6.50. The summed E-state index contributed by atoms with van der Waals surface area (Å²) >= 11 is 6.14. The summed E-state index contributed by atoms with van der Waals surface area (Å²) in [4.78, 5) is 4.11. The number of hydrogen-bond acceptors (Lipinski definition) is 3. The first-order chi connectivity index (χ1) is 8.83. The number of rotatable bonds is 5. The van der Waals surface area contributed by atoms with Crippen molar-refractivity contribution in [3.63, 3.8) is 0 Å². The summed E-state index contributed by atoms with van der Waals surface area (Å²) in [6.07, 6.45) is 1.71. The highest BCUT2D eigenvalue weighted by atomic mass is 35.5. The highest BCUT2D eigenvalue weighted by molar-refractivity contribution is 6.30. The van der Waals surface area contributed by atoms with E-state index in [1.54, 1.807) is 6.20 Å². The van der Waals surface area contributed by atoms with E-state index in [1.165, 1.54) is 0 Å². The molecule has 2 N–H and O–H groups in total. The van der Waals surface area contributed by atoms with Crippen LogP contribution in [0.5, 0.6) is 0 Å². The lowest BCUT2D eigenvalue weighted by molar-refractivity contribution is 0.292. The molecule has 0 radical (unpaired) electrons. The molecular formula is C14H15ClN2O. The van der Waals surface area contributed by atoms with Gasteiger partial charge in [0.25, 0.3) is 0 Å². The Balaban J connectivity index is 2.32. The molecule has 0 saturated carbocycles. The van der Waals surface area contributed by atoms with Crippen LogP contribution in [-0.4, -0.2) is 23.2 Å². The lowest BCUT2D eigenvalue weighted by Crippen LogP contribution is -2.18. The molecule has 0 bridgehead atoms. The van der Waals surface area contributed by atoms with Crippen molar-refractivity contribution in [2.24, 2.45) is 0 Å². The molecule has 1 aromatic carbocycles. The van der Waals surface area contributed by atoms with Gasteiger partial charge in [0.1, 0.15) is 5.15 Å². The predicted molar refractivity (Wildman–Crippen MR) is 73.5 cm³/mol. The normalized spacial score (nSPS) is 10.6. The molecular weight excluding hydrogens is 248 g/mol. The summed E-state index contributed by atoms with van der Waals surface area (Å²) < 4.78 is 0. The maximum atomic E-state index is 8.79. The van der Waals surface area contributed by atoms with Crippen molar-refractivity contribution in [3.05, 3.63) is 53.3 Å². The molecule has 0 fully saturated rings. The Morgan fingerprint density at radius 2 is 1.94 bits per heavy atom. The fraction of sp³-hybridized carbons (Fsp3) is 0.214. The van der Waals surface area contributed by atoms with Crippen LogP contribution in [0.1, 0.15) is 5.56 Å². The first-order valence-corrected chi connectivity index (χ1v) is 6.21. The molecule has 0 atom stereocenters. The van der Waals surface area contributed by atoms with Crippen LogP contribution in [0.25, 0.3) is 11.1 Å². The van der Waals surface area contributed by atoms with Crippen LogP contribution < -0.4 is 5.32 Å². The van der Waals surface area contributed by atoms with Gasteiger partial charge in [-0.25, -0.2) is 4.98 Å². The van der Waals surface area contributed by atoms with Gasteiger partial charge in [0.2, 0.25) is 0 Å². The molecule has 4 heteroatoms. The number of nitrogens with zero attached hydrogens (tertiary/aromatic N) is 1. The first-order valence-electron chi connectivity index (χ1n) is 5.83. The first kappa shape index (κ1) is 13.0. The molecule has 2 rings (SSSR count).